The normalized spacial score (nSPS) is 17.6. The number of rotatable bonds is 6. The van der Waals surface area contributed by atoms with Crippen LogP contribution in [0.25, 0.3) is 0 Å². The molecule has 0 bridgehead atoms. The highest BCUT2D eigenvalue weighted by Crippen LogP contribution is 2.34. The smallest absolute Gasteiger partial charge is 0.333 e. The number of anilines is 1. The standard InChI is InChI=1S/C13H17N3O4/c1-2-20-11-5-3-4-10(13(11)16(18)19)14-8-9-6-7-12(17)15-9/h3-5,9,14H,2,6-8H2,1H3,(H,15,17). The minimum atomic E-state index is -0.458. The fourth-order valence-electron chi connectivity index (χ4n) is 2.19. The van der Waals surface area contributed by atoms with Crippen LogP contribution in [0.4, 0.5) is 11.4 Å². The van der Waals surface area contributed by atoms with Gasteiger partial charge in [0.1, 0.15) is 5.69 Å². The van der Waals surface area contributed by atoms with Crippen molar-refractivity contribution < 1.29 is 14.5 Å². The molecule has 1 fully saturated rings. The average Bonchev–Trinajstić information content (AvgIpc) is 2.82. The number of ether oxygens (including phenoxy) is 1. The minimum absolute atomic E-state index is 0.0119. The molecular formula is C13H17N3O4. The second-order valence-corrected chi connectivity index (χ2v) is 4.53. The molecule has 0 spiro atoms. The van der Waals surface area contributed by atoms with Crippen LogP contribution < -0.4 is 15.4 Å². The van der Waals surface area contributed by atoms with E-state index in [-0.39, 0.29) is 23.4 Å². The van der Waals surface area contributed by atoms with Gasteiger partial charge >= 0.3 is 5.69 Å². The van der Waals surface area contributed by atoms with Crippen molar-refractivity contribution in [1.82, 2.24) is 5.32 Å². The molecule has 0 saturated carbocycles. The number of hydrogen-bond acceptors (Lipinski definition) is 5. The van der Waals surface area contributed by atoms with E-state index in [1.807, 2.05) is 0 Å². The van der Waals surface area contributed by atoms with E-state index in [2.05, 4.69) is 10.6 Å². The molecule has 1 aliphatic heterocycles. The van der Waals surface area contributed by atoms with Gasteiger partial charge in [-0.15, -0.1) is 0 Å². The predicted molar refractivity (Wildman–Crippen MR) is 73.9 cm³/mol. The summed E-state index contributed by atoms with van der Waals surface area (Å²) in [7, 11) is 0. The van der Waals surface area contributed by atoms with Crippen LogP contribution in [0.5, 0.6) is 5.75 Å². The number of nitro groups is 1. The summed E-state index contributed by atoms with van der Waals surface area (Å²) in [6.45, 7) is 2.60. The third kappa shape index (κ3) is 3.17. The number of nitrogens with one attached hydrogen (secondary N) is 2. The van der Waals surface area contributed by atoms with E-state index in [1.165, 1.54) is 0 Å². The fourth-order valence-corrected chi connectivity index (χ4v) is 2.19. The van der Waals surface area contributed by atoms with Crippen LogP contribution in [-0.2, 0) is 4.79 Å². The van der Waals surface area contributed by atoms with E-state index in [0.29, 0.717) is 25.3 Å². The lowest BCUT2D eigenvalue weighted by Gasteiger charge is -2.13. The van der Waals surface area contributed by atoms with E-state index < -0.39 is 4.92 Å². The zero-order valence-electron chi connectivity index (χ0n) is 11.2. The molecule has 1 aromatic carbocycles. The molecule has 1 unspecified atom stereocenters. The molecule has 20 heavy (non-hydrogen) atoms. The summed E-state index contributed by atoms with van der Waals surface area (Å²) in [5.41, 5.74) is 0.334. The topological polar surface area (TPSA) is 93.5 Å². The van der Waals surface area contributed by atoms with Gasteiger partial charge in [-0.3, -0.25) is 14.9 Å². The molecule has 1 saturated heterocycles. The monoisotopic (exact) mass is 279 g/mol. The van der Waals surface area contributed by atoms with Gasteiger partial charge in [0.2, 0.25) is 5.91 Å². The molecular weight excluding hydrogens is 262 g/mol. The number of amides is 1. The van der Waals surface area contributed by atoms with Gasteiger partial charge in [0.05, 0.1) is 11.5 Å². The SMILES string of the molecule is CCOc1cccc(NCC2CCC(=O)N2)c1[N+](=O)[O-]. The number of carbonyl (C=O) groups excluding carboxylic acids is 1. The Balaban J connectivity index is 2.12. The molecule has 1 aliphatic rings. The molecule has 0 aromatic heterocycles. The third-order valence-corrected chi connectivity index (χ3v) is 3.11. The number of para-hydroxylation sites is 1. The summed E-state index contributed by atoms with van der Waals surface area (Å²) >= 11 is 0. The van der Waals surface area contributed by atoms with Gasteiger partial charge in [0, 0.05) is 19.0 Å². The number of hydrogen-bond donors (Lipinski definition) is 2. The number of nitrogens with zero attached hydrogens (tertiary/aromatic N) is 1. The maximum Gasteiger partial charge on any atom is 0.333 e. The van der Waals surface area contributed by atoms with Crippen LogP contribution in [-0.4, -0.2) is 30.0 Å². The van der Waals surface area contributed by atoms with Crippen LogP contribution in [0, 0.1) is 10.1 Å². The van der Waals surface area contributed by atoms with E-state index in [1.54, 1.807) is 25.1 Å². The quantitative estimate of drug-likeness (QED) is 0.610. The van der Waals surface area contributed by atoms with Gasteiger partial charge in [-0.25, -0.2) is 0 Å². The van der Waals surface area contributed by atoms with Gasteiger partial charge in [0.15, 0.2) is 5.75 Å². The van der Waals surface area contributed by atoms with Crippen molar-refractivity contribution in [3.8, 4) is 5.75 Å². The zero-order valence-corrected chi connectivity index (χ0v) is 11.2. The van der Waals surface area contributed by atoms with Crippen molar-refractivity contribution in [3.05, 3.63) is 28.3 Å². The largest absolute Gasteiger partial charge is 0.487 e. The first-order chi connectivity index (χ1) is 9.61. The number of benzene rings is 1. The molecule has 108 valence electrons. The molecule has 2 rings (SSSR count). The van der Waals surface area contributed by atoms with Crippen LogP contribution in [0.3, 0.4) is 0 Å². The Bertz CT molecular complexity index is 518. The summed E-state index contributed by atoms with van der Waals surface area (Å²) in [4.78, 5) is 21.8. The molecule has 1 aromatic rings. The van der Waals surface area contributed by atoms with Crippen LogP contribution in [0.15, 0.2) is 18.2 Å². The van der Waals surface area contributed by atoms with Crippen molar-refractivity contribution in [2.45, 2.75) is 25.8 Å². The van der Waals surface area contributed by atoms with Crippen LogP contribution in [0.2, 0.25) is 0 Å². The molecule has 0 radical (unpaired) electrons. The van der Waals surface area contributed by atoms with Crippen molar-refractivity contribution in [2.24, 2.45) is 0 Å². The fraction of sp³-hybridized carbons (Fsp3) is 0.462. The zero-order chi connectivity index (χ0) is 14.5. The van der Waals surface area contributed by atoms with Gasteiger partial charge in [-0.05, 0) is 25.5 Å². The lowest BCUT2D eigenvalue weighted by molar-refractivity contribution is -0.384. The molecule has 7 heteroatoms. The molecule has 7 nitrogen and oxygen atoms in total. The van der Waals surface area contributed by atoms with E-state index in [4.69, 9.17) is 4.74 Å². The minimum Gasteiger partial charge on any atom is -0.487 e. The number of carbonyl (C=O) groups is 1. The molecule has 2 N–H and O–H groups in total. The molecule has 1 amide bonds. The van der Waals surface area contributed by atoms with Gasteiger partial charge < -0.3 is 15.4 Å². The summed E-state index contributed by atoms with van der Waals surface area (Å²) in [5.74, 6) is 0.271. The Morgan fingerprint density at radius 2 is 2.35 bits per heavy atom. The Hall–Kier alpha value is -2.31. The lowest BCUT2D eigenvalue weighted by atomic mass is 10.2. The number of nitro benzene ring substituents is 1. The lowest BCUT2D eigenvalue weighted by Crippen LogP contribution is -2.31. The summed E-state index contributed by atoms with van der Waals surface area (Å²) in [6, 6.07) is 4.92. The Labute approximate surface area is 116 Å². The highest BCUT2D eigenvalue weighted by molar-refractivity contribution is 5.78. The van der Waals surface area contributed by atoms with E-state index in [9.17, 15) is 14.9 Å². The molecule has 0 aliphatic carbocycles. The first-order valence-electron chi connectivity index (χ1n) is 6.55. The molecule has 1 atom stereocenters. The van der Waals surface area contributed by atoms with Crippen molar-refractivity contribution in [2.75, 3.05) is 18.5 Å². The second kappa shape index (κ2) is 6.23. The molecule has 1 heterocycles. The van der Waals surface area contributed by atoms with Crippen molar-refractivity contribution >= 4 is 17.3 Å². The second-order valence-electron chi connectivity index (χ2n) is 4.53. The first kappa shape index (κ1) is 14.1. The maximum absolute atomic E-state index is 11.2. The first-order valence-corrected chi connectivity index (χ1v) is 6.55. The maximum atomic E-state index is 11.2. The van der Waals surface area contributed by atoms with Crippen molar-refractivity contribution in [3.63, 3.8) is 0 Å². The van der Waals surface area contributed by atoms with E-state index >= 15 is 0 Å². The Kier molecular flexibility index (Phi) is 4.39. The highest BCUT2D eigenvalue weighted by Gasteiger charge is 2.24. The predicted octanol–water partition coefficient (Wildman–Crippen LogP) is 1.68. The van der Waals surface area contributed by atoms with E-state index in [0.717, 1.165) is 6.42 Å². The Morgan fingerprint density at radius 1 is 1.55 bits per heavy atom. The van der Waals surface area contributed by atoms with Crippen LogP contribution in [0.1, 0.15) is 19.8 Å². The highest BCUT2D eigenvalue weighted by atomic mass is 16.6. The van der Waals surface area contributed by atoms with Crippen LogP contribution >= 0.6 is 0 Å². The Morgan fingerprint density at radius 3 is 2.95 bits per heavy atom. The average molecular weight is 279 g/mol. The summed E-state index contributed by atoms with van der Waals surface area (Å²) in [6.07, 6.45) is 1.25. The van der Waals surface area contributed by atoms with Gasteiger partial charge in [0.25, 0.3) is 0 Å². The van der Waals surface area contributed by atoms with Crippen molar-refractivity contribution in [1.29, 1.82) is 0 Å². The summed E-state index contributed by atoms with van der Waals surface area (Å²) < 4.78 is 5.28. The summed E-state index contributed by atoms with van der Waals surface area (Å²) in [5, 5.41) is 17.0. The van der Waals surface area contributed by atoms with Gasteiger partial charge in [-0.1, -0.05) is 6.07 Å². The van der Waals surface area contributed by atoms with Gasteiger partial charge in [-0.2, -0.15) is 0 Å². The third-order valence-electron chi connectivity index (χ3n) is 3.11.